The molecule has 0 amide bonds. The van der Waals surface area contributed by atoms with Crippen molar-refractivity contribution in [1.82, 2.24) is 9.13 Å². The van der Waals surface area contributed by atoms with Gasteiger partial charge < -0.3 is 9.13 Å². The minimum absolute atomic E-state index is 0.662. The third-order valence-corrected chi connectivity index (χ3v) is 11.5. The Bertz CT molecular complexity index is 3360. The fourth-order valence-electron chi connectivity index (χ4n) is 8.62. The Morgan fingerprint density at radius 2 is 0.810 bits per heavy atom. The predicted octanol–water partition coefficient (Wildman–Crippen LogP) is 13.0. The minimum atomic E-state index is 0.662. The molecule has 0 saturated carbocycles. The standard InChI is InChI=1S/C54H35N4/c55-36-37-17-19-38(20-18-37)41-9-8-12-46(33-41)58-52-16-7-5-14-48(52)50-35-43(26-28-54(50)58)40-23-21-39(22-24-40)42-25-27-53-49(34-42)47-13-4-6-15-51(47)57(53)45-29-31-56(32-30-45)44-10-2-1-3-11-44/h1-35H/q+1. The van der Waals surface area contributed by atoms with Gasteiger partial charge >= 0.3 is 0 Å². The Morgan fingerprint density at radius 3 is 1.38 bits per heavy atom. The lowest BCUT2D eigenvalue weighted by molar-refractivity contribution is -0.595. The molecule has 11 rings (SSSR count). The van der Waals surface area contributed by atoms with Crippen molar-refractivity contribution < 1.29 is 4.57 Å². The van der Waals surface area contributed by atoms with Gasteiger partial charge in [-0.05, 0) is 94.0 Å². The van der Waals surface area contributed by atoms with Crippen LogP contribution in [0.1, 0.15) is 5.56 Å². The molecule has 8 aromatic carbocycles. The Kier molecular flexibility index (Phi) is 7.84. The van der Waals surface area contributed by atoms with Crippen molar-refractivity contribution in [3.63, 3.8) is 0 Å². The molecule has 0 saturated heterocycles. The fourth-order valence-corrected chi connectivity index (χ4v) is 8.62. The van der Waals surface area contributed by atoms with E-state index in [-0.39, 0.29) is 0 Å². The number of para-hydroxylation sites is 3. The van der Waals surface area contributed by atoms with E-state index in [4.69, 9.17) is 0 Å². The van der Waals surface area contributed by atoms with Crippen molar-refractivity contribution in [2.45, 2.75) is 0 Å². The maximum atomic E-state index is 9.29. The van der Waals surface area contributed by atoms with Gasteiger partial charge in [0.15, 0.2) is 12.4 Å². The van der Waals surface area contributed by atoms with E-state index in [0.717, 1.165) is 33.7 Å². The van der Waals surface area contributed by atoms with E-state index in [9.17, 15) is 5.26 Å². The predicted molar refractivity (Wildman–Crippen MR) is 238 cm³/mol. The van der Waals surface area contributed by atoms with Crippen LogP contribution in [0.15, 0.2) is 213 Å². The molecule has 0 unspecified atom stereocenters. The zero-order chi connectivity index (χ0) is 38.6. The molecule has 0 spiro atoms. The number of pyridine rings is 1. The van der Waals surface area contributed by atoms with Crippen molar-refractivity contribution in [1.29, 1.82) is 5.26 Å². The molecule has 58 heavy (non-hydrogen) atoms. The Morgan fingerprint density at radius 1 is 0.345 bits per heavy atom. The number of aromatic nitrogens is 3. The molecule has 11 aromatic rings. The first-order chi connectivity index (χ1) is 28.7. The van der Waals surface area contributed by atoms with Gasteiger partial charge in [0.1, 0.15) is 0 Å². The summed E-state index contributed by atoms with van der Waals surface area (Å²) >= 11 is 0. The zero-order valence-corrected chi connectivity index (χ0v) is 31.5. The number of fused-ring (bicyclic) bond motifs is 6. The summed E-state index contributed by atoms with van der Waals surface area (Å²) < 4.78 is 6.87. The summed E-state index contributed by atoms with van der Waals surface area (Å²) in [5.74, 6) is 0. The second-order valence-electron chi connectivity index (χ2n) is 14.8. The second kappa shape index (κ2) is 13.6. The molecular formula is C54H35N4+. The monoisotopic (exact) mass is 739 g/mol. The van der Waals surface area contributed by atoms with Gasteiger partial charge in [0.2, 0.25) is 5.69 Å². The van der Waals surface area contributed by atoms with E-state index in [1.807, 2.05) is 30.3 Å². The maximum Gasteiger partial charge on any atom is 0.210 e. The molecule has 270 valence electrons. The van der Waals surface area contributed by atoms with Crippen LogP contribution in [0.5, 0.6) is 0 Å². The maximum absolute atomic E-state index is 9.29. The van der Waals surface area contributed by atoms with Crippen LogP contribution in [0.2, 0.25) is 0 Å². The van der Waals surface area contributed by atoms with Crippen LogP contribution < -0.4 is 4.57 Å². The Hall–Kier alpha value is -8.00. The number of nitriles is 1. The topological polar surface area (TPSA) is 37.5 Å². The normalized spacial score (nSPS) is 11.4. The van der Waals surface area contributed by atoms with E-state index < -0.39 is 0 Å². The van der Waals surface area contributed by atoms with Crippen molar-refractivity contribution in [2.24, 2.45) is 0 Å². The van der Waals surface area contributed by atoms with Crippen LogP contribution in [-0.2, 0) is 0 Å². The third-order valence-electron chi connectivity index (χ3n) is 11.5. The van der Waals surface area contributed by atoms with Gasteiger partial charge in [-0.1, -0.05) is 115 Å². The van der Waals surface area contributed by atoms with E-state index in [0.29, 0.717) is 5.56 Å². The Labute approximate surface area is 336 Å². The SMILES string of the molecule is N#Cc1ccc(-c2cccc(-n3c4ccccc4c4cc(-c5ccc(-c6ccc7c(c6)c6ccccc6n7-c6cc[n+](-c7ccccc7)cc6)cc5)ccc43)c2)cc1. The van der Waals surface area contributed by atoms with Gasteiger partial charge in [-0.2, -0.15) is 9.83 Å². The quantitative estimate of drug-likeness (QED) is 0.156. The van der Waals surface area contributed by atoms with E-state index in [2.05, 4.69) is 202 Å². The first-order valence-corrected chi connectivity index (χ1v) is 19.6. The van der Waals surface area contributed by atoms with Gasteiger partial charge in [-0.15, -0.1) is 0 Å². The highest BCUT2D eigenvalue weighted by molar-refractivity contribution is 6.11. The molecule has 0 aliphatic heterocycles. The molecular weight excluding hydrogens is 705 g/mol. The average molecular weight is 740 g/mol. The summed E-state index contributed by atoms with van der Waals surface area (Å²) in [6.07, 6.45) is 4.27. The molecule has 0 aliphatic carbocycles. The molecule has 4 nitrogen and oxygen atoms in total. The Balaban J connectivity index is 0.937. The number of benzene rings is 8. The van der Waals surface area contributed by atoms with Crippen molar-refractivity contribution in [2.75, 3.05) is 0 Å². The number of hydrogen-bond donors (Lipinski definition) is 0. The van der Waals surface area contributed by atoms with E-state index in [1.165, 1.54) is 60.3 Å². The lowest BCUT2D eigenvalue weighted by Crippen LogP contribution is -2.29. The summed E-state index contributed by atoms with van der Waals surface area (Å²) in [6.45, 7) is 0. The lowest BCUT2D eigenvalue weighted by atomic mass is 9.98. The molecule has 0 aliphatic rings. The van der Waals surface area contributed by atoms with Crippen molar-refractivity contribution in [3.8, 4) is 56.5 Å². The number of nitrogens with zero attached hydrogens (tertiary/aromatic N) is 4. The molecule has 0 fully saturated rings. The smallest absolute Gasteiger partial charge is 0.210 e. The van der Waals surface area contributed by atoms with Gasteiger partial charge in [0.05, 0.1) is 39.4 Å². The molecule has 0 atom stereocenters. The van der Waals surface area contributed by atoms with Gasteiger partial charge in [0, 0.05) is 51.5 Å². The fraction of sp³-hybridized carbons (Fsp3) is 0. The van der Waals surface area contributed by atoms with Crippen LogP contribution in [0.4, 0.5) is 0 Å². The van der Waals surface area contributed by atoms with Gasteiger partial charge in [-0.3, -0.25) is 0 Å². The molecule has 0 bridgehead atoms. The van der Waals surface area contributed by atoms with Crippen LogP contribution in [0.3, 0.4) is 0 Å². The minimum Gasteiger partial charge on any atom is -0.309 e. The highest BCUT2D eigenvalue weighted by atomic mass is 15.0. The summed E-state index contributed by atoms with van der Waals surface area (Å²) in [4.78, 5) is 0. The number of rotatable bonds is 6. The summed E-state index contributed by atoms with van der Waals surface area (Å²) in [6, 6.07) is 73.5. The molecule has 0 radical (unpaired) electrons. The van der Waals surface area contributed by atoms with Crippen LogP contribution in [-0.4, -0.2) is 9.13 Å². The first-order valence-electron chi connectivity index (χ1n) is 19.6. The van der Waals surface area contributed by atoms with Gasteiger partial charge in [-0.25, -0.2) is 0 Å². The first kappa shape index (κ1) is 33.3. The van der Waals surface area contributed by atoms with Crippen molar-refractivity contribution >= 4 is 43.6 Å². The molecule has 3 heterocycles. The largest absolute Gasteiger partial charge is 0.309 e. The molecule has 3 aromatic heterocycles. The summed E-state index contributed by atoms with van der Waals surface area (Å²) in [5.41, 5.74) is 15.7. The average Bonchev–Trinajstić information content (AvgIpc) is 3.82. The third kappa shape index (κ3) is 5.57. The highest BCUT2D eigenvalue weighted by Gasteiger charge is 2.17. The van der Waals surface area contributed by atoms with E-state index in [1.54, 1.807) is 0 Å². The zero-order valence-electron chi connectivity index (χ0n) is 31.5. The summed E-state index contributed by atoms with van der Waals surface area (Å²) in [7, 11) is 0. The molecule has 4 heteroatoms. The molecule has 0 N–H and O–H groups in total. The van der Waals surface area contributed by atoms with Crippen LogP contribution >= 0.6 is 0 Å². The van der Waals surface area contributed by atoms with Crippen molar-refractivity contribution in [3.05, 3.63) is 218 Å². The van der Waals surface area contributed by atoms with Gasteiger partial charge in [0.25, 0.3) is 0 Å². The lowest BCUT2D eigenvalue weighted by Gasteiger charge is -2.11. The van der Waals surface area contributed by atoms with Crippen LogP contribution in [0, 0.1) is 11.3 Å². The summed E-state index contributed by atoms with van der Waals surface area (Å²) in [5, 5.41) is 14.2. The number of hydrogen-bond acceptors (Lipinski definition) is 1. The highest BCUT2D eigenvalue weighted by Crippen LogP contribution is 2.38. The van der Waals surface area contributed by atoms with Crippen LogP contribution in [0.25, 0.3) is 94.1 Å². The second-order valence-corrected chi connectivity index (χ2v) is 14.8. The van der Waals surface area contributed by atoms with E-state index >= 15 is 0 Å².